The number of unbranched alkanes of at least 4 members (excludes halogenated alkanes) is 1. The van der Waals surface area contributed by atoms with Gasteiger partial charge in [-0.1, -0.05) is 62.8 Å². The van der Waals surface area contributed by atoms with Gasteiger partial charge in [-0.05, 0) is 68.7 Å². The standard InChI is InChI=1S/C29H48ClN3O3/c1-3-31-21-27(19-23-11-5-4-6-12-23)32-28(34)33-17-10-14-25(22-33)29(35,16-7-8-18-36-2)24-13-9-15-26(30)20-24/h9,13,15,20,23,25,27,31,35H,3-8,10-12,14,16-19,21-22H2,1-2H3,(H,32,34)/t25-,27?,29-/m1/s1. The van der Waals surface area contributed by atoms with Gasteiger partial charge in [0.05, 0.1) is 5.60 Å². The van der Waals surface area contributed by atoms with Crippen LogP contribution in [0.2, 0.25) is 5.02 Å². The Labute approximate surface area is 223 Å². The van der Waals surface area contributed by atoms with E-state index < -0.39 is 5.60 Å². The Kier molecular flexibility index (Phi) is 12.3. The van der Waals surface area contributed by atoms with Gasteiger partial charge in [-0.2, -0.15) is 0 Å². The predicted octanol–water partition coefficient (Wildman–Crippen LogP) is 5.71. The number of likely N-dealkylation sites (N-methyl/N-ethyl adjacent to an activating group) is 1. The van der Waals surface area contributed by atoms with Crippen LogP contribution in [-0.2, 0) is 10.3 Å². The van der Waals surface area contributed by atoms with Gasteiger partial charge in [0.15, 0.2) is 0 Å². The van der Waals surface area contributed by atoms with E-state index in [1.165, 1.54) is 32.1 Å². The number of carbonyl (C=O) groups is 1. The van der Waals surface area contributed by atoms with Gasteiger partial charge in [0.2, 0.25) is 0 Å². The summed E-state index contributed by atoms with van der Waals surface area (Å²) in [4.78, 5) is 15.4. The number of rotatable bonds is 13. The number of aliphatic hydroxyl groups is 1. The molecule has 204 valence electrons. The summed E-state index contributed by atoms with van der Waals surface area (Å²) in [5.41, 5.74) is -0.176. The molecule has 3 atom stereocenters. The maximum absolute atomic E-state index is 13.4. The third-order valence-electron chi connectivity index (χ3n) is 8.18. The minimum absolute atomic E-state index is 0.00578. The van der Waals surface area contributed by atoms with Crippen LogP contribution in [0.25, 0.3) is 0 Å². The van der Waals surface area contributed by atoms with E-state index in [4.69, 9.17) is 16.3 Å². The number of likely N-dealkylation sites (tertiary alicyclic amines) is 1. The first-order valence-corrected chi connectivity index (χ1v) is 14.6. The zero-order chi connectivity index (χ0) is 25.8. The van der Waals surface area contributed by atoms with E-state index in [2.05, 4.69) is 17.6 Å². The molecule has 2 fully saturated rings. The Morgan fingerprint density at radius 3 is 2.75 bits per heavy atom. The molecule has 0 radical (unpaired) electrons. The number of amides is 2. The topological polar surface area (TPSA) is 73.8 Å². The molecule has 1 heterocycles. The lowest BCUT2D eigenvalue weighted by Gasteiger charge is -2.43. The smallest absolute Gasteiger partial charge is 0.317 e. The van der Waals surface area contributed by atoms with E-state index in [0.717, 1.165) is 57.3 Å². The molecular weight excluding hydrogens is 474 g/mol. The van der Waals surface area contributed by atoms with Crippen LogP contribution >= 0.6 is 11.6 Å². The molecule has 3 rings (SSSR count). The minimum Gasteiger partial charge on any atom is -0.385 e. The number of urea groups is 1. The van der Waals surface area contributed by atoms with Gasteiger partial charge in [-0.15, -0.1) is 0 Å². The van der Waals surface area contributed by atoms with Crippen molar-refractivity contribution in [2.45, 2.75) is 89.2 Å². The van der Waals surface area contributed by atoms with Crippen molar-refractivity contribution in [1.29, 1.82) is 0 Å². The lowest BCUT2D eigenvalue weighted by Crippen LogP contribution is -2.54. The molecule has 1 aliphatic heterocycles. The summed E-state index contributed by atoms with van der Waals surface area (Å²) in [6, 6.07) is 7.74. The number of hydrogen-bond acceptors (Lipinski definition) is 4. The second-order valence-corrected chi connectivity index (χ2v) is 11.3. The van der Waals surface area contributed by atoms with E-state index >= 15 is 0 Å². The van der Waals surface area contributed by atoms with Crippen molar-refractivity contribution < 1.29 is 14.6 Å². The highest BCUT2D eigenvalue weighted by molar-refractivity contribution is 6.30. The van der Waals surface area contributed by atoms with Crippen molar-refractivity contribution in [1.82, 2.24) is 15.5 Å². The molecule has 7 heteroatoms. The zero-order valence-corrected chi connectivity index (χ0v) is 23.2. The maximum atomic E-state index is 13.4. The minimum atomic E-state index is -1.02. The molecule has 6 nitrogen and oxygen atoms in total. The van der Waals surface area contributed by atoms with Crippen molar-refractivity contribution in [3.05, 3.63) is 34.9 Å². The summed E-state index contributed by atoms with van der Waals surface area (Å²) < 4.78 is 5.23. The number of carbonyl (C=O) groups excluding carboxylic acids is 1. The van der Waals surface area contributed by atoms with E-state index in [-0.39, 0.29) is 18.0 Å². The lowest BCUT2D eigenvalue weighted by atomic mass is 9.74. The number of benzene rings is 1. The van der Waals surface area contributed by atoms with Gasteiger partial charge in [0, 0.05) is 50.3 Å². The highest BCUT2D eigenvalue weighted by Crippen LogP contribution is 2.40. The van der Waals surface area contributed by atoms with Crippen LogP contribution in [0.1, 0.15) is 83.1 Å². The molecule has 1 unspecified atom stereocenters. The molecule has 1 aliphatic carbocycles. The van der Waals surface area contributed by atoms with Crippen molar-refractivity contribution in [3.8, 4) is 0 Å². The Bertz CT molecular complexity index is 789. The van der Waals surface area contributed by atoms with Crippen molar-refractivity contribution in [2.24, 2.45) is 11.8 Å². The highest BCUT2D eigenvalue weighted by Gasteiger charge is 2.41. The average Bonchev–Trinajstić information content (AvgIpc) is 2.90. The van der Waals surface area contributed by atoms with Gasteiger partial charge in [-0.25, -0.2) is 4.79 Å². The summed E-state index contributed by atoms with van der Waals surface area (Å²) in [6.45, 7) is 5.78. The molecular formula is C29H48ClN3O3. The molecule has 0 bridgehead atoms. The molecule has 1 saturated heterocycles. The van der Waals surface area contributed by atoms with E-state index in [1.807, 2.05) is 29.2 Å². The first-order valence-electron chi connectivity index (χ1n) is 14.2. The van der Waals surface area contributed by atoms with Gasteiger partial charge in [-0.3, -0.25) is 0 Å². The van der Waals surface area contributed by atoms with E-state index in [0.29, 0.717) is 30.5 Å². The summed E-state index contributed by atoms with van der Waals surface area (Å²) in [7, 11) is 1.71. The average molecular weight is 522 g/mol. The molecule has 36 heavy (non-hydrogen) atoms. The number of ether oxygens (including phenoxy) is 1. The highest BCUT2D eigenvalue weighted by atomic mass is 35.5. The van der Waals surface area contributed by atoms with Crippen LogP contribution < -0.4 is 10.6 Å². The number of methoxy groups -OCH3 is 1. The number of nitrogens with zero attached hydrogens (tertiary/aromatic N) is 1. The van der Waals surface area contributed by atoms with Crippen molar-refractivity contribution in [3.63, 3.8) is 0 Å². The fraction of sp³-hybridized carbons (Fsp3) is 0.759. The summed E-state index contributed by atoms with van der Waals surface area (Å²) in [6.07, 6.45) is 11.7. The fourth-order valence-corrected chi connectivity index (χ4v) is 6.33. The Hall–Kier alpha value is -1.34. The summed E-state index contributed by atoms with van der Waals surface area (Å²) >= 11 is 6.32. The van der Waals surface area contributed by atoms with Crippen LogP contribution in [0.3, 0.4) is 0 Å². The molecule has 1 aromatic rings. The van der Waals surface area contributed by atoms with Crippen LogP contribution in [0, 0.1) is 11.8 Å². The van der Waals surface area contributed by atoms with Crippen LogP contribution in [0.5, 0.6) is 0 Å². The maximum Gasteiger partial charge on any atom is 0.317 e. The number of nitrogens with one attached hydrogen (secondary N) is 2. The van der Waals surface area contributed by atoms with E-state index in [9.17, 15) is 9.90 Å². The third kappa shape index (κ3) is 8.61. The molecule has 1 aromatic carbocycles. The lowest BCUT2D eigenvalue weighted by molar-refractivity contribution is -0.0564. The molecule has 2 aliphatic rings. The first kappa shape index (κ1) is 29.2. The fourth-order valence-electron chi connectivity index (χ4n) is 6.14. The summed E-state index contributed by atoms with van der Waals surface area (Å²) in [5.74, 6) is 0.667. The quantitative estimate of drug-likeness (QED) is 0.290. The Balaban J connectivity index is 1.68. The largest absolute Gasteiger partial charge is 0.385 e. The van der Waals surface area contributed by atoms with E-state index in [1.54, 1.807) is 7.11 Å². The Morgan fingerprint density at radius 1 is 1.22 bits per heavy atom. The van der Waals surface area contributed by atoms with Crippen LogP contribution in [-0.4, -0.2) is 62.0 Å². The Morgan fingerprint density at radius 2 is 2.03 bits per heavy atom. The van der Waals surface area contributed by atoms with Gasteiger partial charge < -0.3 is 25.4 Å². The molecule has 2 amide bonds. The number of hydrogen-bond donors (Lipinski definition) is 3. The second kappa shape index (κ2) is 15.2. The third-order valence-corrected chi connectivity index (χ3v) is 8.41. The SMILES string of the molecule is CCNCC(CC1CCCCC1)NC(=O)N1CCC[C@@H]([C@@](O)(CCCCOC)c2cccc(Cl)c2)C1. The molecule has 1 saturated carbocycles. The van der Waals surface area contributed by atoms with Gasteiger partial charge >= 0.3 is 6.03 Å². The molecule has 0 aromatic heterocycles. The second-order valence-electron chi connectivity index (χ2n) is 10.9. The number of piperidine rings is 1. The zero-order valence-electron chi connectivity index (χ0n) is 22.4. The van der Waals surface area contributed by atoms with Crippen LogP contribution in [0.15, 0.2) is 24.3 Å². The predicted molar refractivity (Wildman–Crippen MR) is 147 cm³/mol. The van der Waals surface area contributed by atoms with Crippen LogP contribution in [0.4, 0.5) is 4.79 Å². The van der Waals surface area contributed by atoms with Crippen molar-refractivity contribution >= 4 is 17.6 Å². The number of halogens is 1. The first-order chi connectivity index (χ1) is 17.5. The summed E-state index contributed by atoms with van der Waals surface area (Å²) in [5, 5.41) is 19.5. The molecule has 0 spiro atoms. The molecule has 3 N–H and O–H groups in total. The monoisotopic (exact) mass is 521 g/mol. The van der Waals surface area contributed by atoms with Crippen molar-refractivity contribution in [2.75, 3.05) is 39.9 Å². The van der Waals surface area contributed by atoms with Gasteiger partial charge in [0.1, 0.15) is 0 Å². The van der Waals surface area contributed by atoms with Gasteiger partial charge in [0.25, 0.3) is 0 Å². The normalized spacial score (nSPS) is 21.7.